The highest BCUT2D eigenvalue weighted by Crippen LogP contribution is 2.23. The van der Waals surface area contributed by atoms with Gasteiger partial charge in [0.15, 0.2) is 0 Å². The molecule has 22 heavy (non-hydrogen) atoms. The number of hydrogen-bond donors (Lipinski definition) is 0. The van der Waals surface area contributed by atoms with E-state index in [4.69, 9.17) is 5.26 Å². The van der Waals surface area contributed by atoms with E-state index < -0.39 is 0 Å². The molecule has 0 aliphatic rings. The molecule has 1 amide bonds. The molecule has 0 spiro atoms. The van der Waals surface area contributed by atoms with E-state index in [9.17, 15) is 4.79 Å². The number of benzene rings is 1. The number of anilines is 1. The van der Waals surface area contributed by atoms with Crippen LogP contribution in [0.15, 0.2) is 48.7 Å². The third kappa shape index (κ3) is 3.92. The Morgan fingerprint density at radius 1 is 1.23 bits per heavy atom. The normalized spacial score (nSPS) is 10.8. The average molecular weight is 293 g/mol. The van der Waals surface area contributed by atoms with E-state index in [0.717, 1.165) is 5.69 Å². The van der Waals surface area contributed by atoms with Gasteiger partial charge in [-0.05, 0) is 29.7 Å². The van der Waals surface area contributed by atoms with Crippen molar-refractivity contribution in [1.29, 1.82) is 5.26 Å². The highest BCUT2D eigenvalue weighted by molar-refractivity contribution is 6.06. The van der Waals surface area contributed by atoms with Crippen LogP contribution in [0.25, 0.3) is 0 Å². The highest BCUT2D eigenvalue weighted by atomic mass is 16.2. The fraction of sp³-hybridized carbons (Fsp3) is 0.278. The molecule has 4 nitrogen and oxygen atoms in total. The van der Waals surface area contributed by atoms with Crippen molar-refractivity contribution >= 4 is 11.6 Å². The molecule has 1 heterocycles. The monoisotopic (exact) mass is 293 g/mol. The second-order valence-electron chi connectivity index (χ2n) is 6.33. The predicted molar refractivity (Wildman–Crippen MR) is 86.5 cm³/mol. The van der Waals surface area contributed by atoms with Gasteiger partial charge in [-0.1, -0.05) is 39.0 Å². The van der Waals surface area contributed by atoms with Gasteiger partial charge in [-0.15, -0.1) is 0 Å². The van der Waals surface area contributed by atoms with Gasteiger partial charge in [0.2, 0.25) is 0 Å². The summed E-state index contributed by atoms with van der Waals surface area (Å²) >= 11 is 0. The molecule has 0 bridgehead atoms. The Bertz CT molecular complexity index is 696. The molecule has 1 aromatic carbocycles. The fourth-order valence-corrected chi connectivity index (χ4v) is 2.14. The molecule has 0 N–H and O–H groups in total. The molecule has 0 atom stereocenters. The molecule has 0 saturated carbocycles. The van der Waals surface area contributed by atoms with Crippen molar-refractivity contribution in [2.75, 3.05) is 11.4 Å². The second kappa shape index (κ2) is 6.40. The maximum absolute atomic E-state index is 12.9. The molecular formula is C18H19N3O. The van der Waals surface area contributed by atoms with Crippen LogP contribution in [0.3, 0.4) is 0 Å². The second-order valence-corrected chi connectivity index (χ2v) is 6.33. The molecule has 2 rings (SSSR count). The molecule has 4 heteroatoms. The first-order chi connectivity index (χ1) is 10.4. The minimum Gasteiger partial charge on any atom is -0.308 e. The number of para-hydroxylation sites is 1. The number of hydrogen-bond acceptors (Lipinski definition) is 3. The van der Waals surface area contributed by atoms with Crippen molar-refractivity contribution in [2.24, 2.45) is 5.41 Å². The Morgan fingerprint density at radius 3 is 2.50 bits per heavy atom. The van der Waals surface area contributed by atoms with E-state index in [0.29, 0.717) is 12.1 Å². The number of aromatic nitrogens is 1. The van der Waals surface area contributed by atoms with Gasteiger partial charge in [-0.2, -0.15) is 5.26 Å². The maximum Gasteiger partial charge on any atom is 0.258 e. The van der Waals surface area contributed by atoms with Crippen LogP contribution in [-0.2, 0) is 0 Å². The number of rotatable bonds is 3. The van der Waals surface area contributed by atoms with Gasteiger partial charge < -0.3 is 4.90 Å². The van der Waals surface area contributed by atoms with Crippen molar-refractivity contribution in [2.45, 2.75) is 20.8 Å². The lowest BCUT2D eigenvalue weighted by Gasteiger charge is -2.30. The average Bonchev–Trinajstić information content (AvgIpc) is 2.52. The number of pyridine rings is 1. The van der Waals surface area contributed by atoms with Gasteiger partial charge in [0.05, 0.1) is 0 Å². The Balaban J connectivity index is 2.40. The Morgan fingerprint density at radius 2 is 1.91 bits per heavy atom. The SMILES string of the molecule is CC(C)(C)CN(C(=O)c1ccnc(C#N)c1)c1ccccc1. The van der Waals surface area contributed by atoms with Crippen molar-refractivity contribution in [1.82, 2.24) is 4.98 Å². The van der Waals surface area contributed by atoms with E-state index in [2.05, 4.69) is 25.8 Å². The van der Waals surface area contributed by atoms with Gasteiger partial charge in [-0.3, -0.25) is 4.79 Å². The van der Waals surface area contributed by atoms with E-state index in [-0.39, 0.29) is 17.0 Å². The predicted octanol–water partition coefficient (Wildman–Crippen LogP) is 3.65. The number of carbonyl (C=O) groups is 1. The van der Waals surface area contributed by atoms with Crippen LogP contribution < -0.4 is 4.90 Å². The summed E-state index contributed by atoms with van der Waals surface area (Å²) in [5, 5.41) is 8.95. The molecule has 0 fully saturated rings. The minimum absolute atomic E-state index is 0.0450. The molecule has 2 aromatic rings. The van der Waals surface area contributed by atoms with E-state index in [1.807, 2.05) is 36.4 Å². The quantitative estimate of drug-likeness (QED) is 0.868. The first-order valence-electron chi connectivity index (χ1n) is 7.14. The van der Waals surface area contributed by atoms with Crippen LogP contribution in [0, 0.1) is 16.7 Å². The molecule has 0 unspecified atom stereocenters. The number of nitrogens with zero attached hydrogens (tertiary/aromatic N) is 3. The van der Waals surface area contributed by atoms with E-state index in [1.165, 1.54) is 12.3 Å². The molecule has 0 saturated heterocycles. The summed E-state index contributed by atoms with van der Waals surface area (Å²) in [5.74, 6) is -0.125. The van der Waals surface area contributed by atoms with Crippen LogP contribution in [0.4, 0.5) is 5.69 Å². The van der Waals surface area contributed by atoms with E-state index in [1.54, 1.807) is 11.0 Å². The summed E-state index contributed by atoms with van der Waals surface area (Å²) < 4.78 is 0. The lowest BCUT2D eigenvalue weighted by molar-refractivity contribution is 0.0977. The van der Waals surface area contributed by atoms with Crippen LogP contribution in [0.5, 0.6) is 0 Å². The first kappa shape index (κ1) is 15.7. The minimum atomic E-state index is -0.125. The van der Waals surface area contributed by atoms with Crippen LogP contribution in [0.2, 0.25) is 0 Å². The molecule has 0 radical (unpaired) electrons. The van der Waals surface area contributed by atoms with Crippen LogP contribution in [-0.4, -0.2) is 17.4 Å². The third-order valence-electron chi connectivity index (χ3n) is 3.07. The summed E-state index contributed by atoms with van der Waals surface area (Å²) in [4.78, 5) is 18.5. The molecular weight excluding hydrogens is 274 g/mol. The zero-order valence-corrected chi connectivity index (χ0v) is 13.1. The third-order valence-corrected chi connectivity index (χ3v) is 3.07. The van der Waals surface area contributed by atoms with Crippen LogP contribution >= 0.6 is 0 Å². The summed E-state index contributed by atoms with van der Waals surface area (Å²) in [6.45, 7) is 6.84. The zero-order valence-electron chi connectivity index (χ0n) is 13.1. The Hall–Kier alpha value is -2.67. The van der Waals surface area contributed by atoms with Crippen molar-refractivity contribution in [3.05, 3.63) is 59.9 Å². The Kier molecular flexibility index (Phi) is 4.57. The molecule has 1 aromatic heterocycles. The Labute approximate surface area is 131 Å². The van der Waals surface area contributed by atoms with Crippen LogP contribution in [0.1, 0.15) is 36.8 Å². The summed E-state index contributed by atoms with van der Waals surface area (Å²) in [5.41, 5.74) is 1.52. The van der Waals surface area contributed by atoms with E-state index >= 15 is 0 Å². The van der Waals surface area contributed by atoms with Crippen molar-refractivity contribution in [3.8, 4) is 6.07 Å². The lowest BCUT2D eigenvalue weighted by atomic mass is 9.95. The summed E-state index contributed by atoms with van der Waals surface area (Å²) in [7, 11) is 0. The molecule has 112 valence electrons. The summed E-state index contributed by atoms with van der Waals surface area (Å²) in [6.07, 6.45) is 1.49. The molecule has 0 aliphatic carbocycles. The van der Waals surface area contributed by atoms with Crippen molar-refractivity contribution < 1.29 is 4.79 Å². The number of nitriles is 1. The topological polar surface area (TPSA) is 57.0 Å². The van der Waals surface area contributed by atoms with Gasteiger partial charge in [-0.25, -0.2) is 4.98 Å². The zero-order chi connectivity index (χ0) is 16.2. The fourth-order valence-electron chi connectivity index (χ4n) is 2.14. The maximum atomic E-state index is 12.9. The summed E-state index contributed by atoms with van der Waals surface area (Å²) in [6, 6.07) is 14.7. The largest absolute Gasteiger partial charge is 0.308 e. The van der Waals surface area contributed by atoms with Gasteiger partial charge >= 0.3 is 0 Å². The first-order valence-corrected chi connectivity index (χ1v) is 7.14. The van der Waals surface area contributed by atoms with Gasteiger partial charge in [0, 0.05) is 24.0 Å². The smallest absolute Gasteiger partial charge is 0.258 e. The molecule has 0 aliphatic heterocycles. The number of amides is 1. The van der Waals surface area contributed by atoms with Gasteiger partial charge in [0.25, 0.3) is 5.91 Å². The van der Waals surface area contributed by atoms with Crippen molar-refractivity contribution in [3.63, 3.8) is 0 Å². The lowest BCUT2D eigenvalue weighted by Crippen LogP contribution is -2.38. The number of carbonyl (C=O) groups excluding carboxylic acids is 1. The van der Waals surface area contributed by atoms with Gasteiger partial charge in [0.1, 0.15) is 11.8 Å². The highest BCUT2D eigenvalue weighted by Gasteiger charge is 2.23. The standard InChI is InChI=1S/C18H19N3O/c1-18(2,3)13-21(16-7-5-4-6-8-16)17(22)14-9-10-20-15(11-14)12-19/h4-11H,13H2,1-3H3.